The van der Waals surface area contributed by atoms with Crippen molar-refractivity contribution >= 4 is 5.91 Å². The van der Waals surface area contributed by atoms with E-state index in [1.165, 1.54) is 0 Å². The van der Waals surface area contributed by atoms with E-state index >= 15 is 0 Å². The second-order valence-corrected chi connectivity index (χ2v) is 8.49. The molecule has 2 unspecified atom stereocenters. The maximum absolute atomic E-state index is 12.7. The molecular weight excluding hydrogens is 304 g/mol. The number of hydrogen-bond acceptors (Lipinski definition) is 4. The number of aliphatic hydroxyl groups excluding tert-OH is 1. The molecule has 24 heavy (non-hydrogen) atoms. The van der Waals surface area contributed by atoms with Gasteiger partial charge in [-0.2, -0.15) is 5.10 Å². The lowest BCUT2D eigenvalue weighted by Gasteiger charge is -2.57. The minimum atomic E-state index is -0.458. The first kappa shape index (κ1) is 16.1. The zero-order valence-corrected chi connectivity index (χ0v) is 14.7. The minimum absolute atomic E-state index is 0.0967. The first-order valence-corrected chi connectivity index (χ1v) is 9.14. The van der Waals surface area contributed by atoms with Crippen molar-refractivity contribution in [3.05, 3.63) is 17.5 Å². The Morgan fingerprint density at radius 2 is 2.21 bits per heavy atom. The lowest BCUT2D eigenvalue weighted by molar-refractivity contribution is -0.0827. The molecule has 2 heterocycles. The molecule has 132 valence electrons. The standard InChI is InChI=1S/C18H28N4O2/c1-10(2)16-18(9-22(16)3)6-13(14(23)7-18)20-17(24)12-8-19-21-15(12)11-4-5-11/h8,10-11,13-14,16,23H,4-7,9H2,1-3H3,(H,19,21)(H,20,24)/t13-,14-,16?,18?/m1/s1. The Bertz CT molecular complexity index is 634. The van der Waals surface area contributed by atoms with E-state index in [2.05, 4.69) is 41.3 Å². The number of H-pyrrole nitrogens is 1. The van der Waals surface area contributed by atoms with Gasteiger partial charge in [-0.15, -0.1) is 0 Å². The highest BCUT2D eigenvalue weighted by Gasteiger charge is 2.58. The summed E-state index contributed by atoms with van der Waals surface area (Å²) in [6.45, 7) is 5.50. The van der Waals surface area contributed by atoms with Crippen molar-refractivity contribution in [3.63, 3.8) is 0 Å². The van der Waals surface area contributed by atoms with Crippen LogP contribution >= 0.6 is 0 Å². The summed E-state index contributed by atoms with van der Waals surface area (Å²) >= 11 is 0. The third-order valence-electron chi connectivity index (χ3n) is 6.22. The van der Waals surface area contributed by atoms with E-state index in [9.17, 15) is 9.90 Å². The number of likely N-dealkylation sites (tertiary alicyclic amines) is 1. The van der Waals surface area contributed by atoms with Crippen molar-refractivity contribution in [1.29, 1.82) is 0 Å². The summed E-state index contributed by atoms with van der Waals surface area (Å²) in [4.78, 5) is 15.0. The van der Waals surface area contributed by atoms with Crippen LogP contribution < -0.4 is 5.32 Å². The molecule has 1 amide bonds. The summed E-state index contributed by atoms with van der Waals surface area (Å²) < 4.78 is 0. The number of aromatic nitrogens is 2. The highest BCUT2D eigenvalue weighted by Crippen LogP contribution is 2.52. The second-order valence-electron chi connectivity index (χ2n) is 8.49. The predicted octanol–water partition coefficient (Wildman–Crippen LogP) is 1.50. The first-order chi connectivity index (χ1) is 11.4. The molecule has 2 aliphatic carbocycles. The van der Waals surface area contributed by atoms with Crippen molar-refractivity contribution in [2.75, 3.05) is 13.6 Å². The Morgan fingerprint density at radius 1 is 1.46 bits per heavy atom. The van der Waals surface area contributed by atoms with Gasteiger partial charge < -0.3 is 15.3 Å². The number of rotatable bonds is 4. The van der Waals surface area contributed by atoms with E-state index in [-0.39, 0.29) is 17.4 Å². The van der Waals surface area contributed by atoms with E-state index in [0.29, 0.717) is 23.4 Å². The Hall–Kier alpha value is -1.40. The molecule has 3 aliphatic rings. The van der Waals surface area contributed by atoms with Gasteiger partial charge in [-0.1, -0.05) is 13.8 Å². The number of amides is 1. The molecule has 6 nitrogen and oxygen atoms in total. The number of hydrogen-bond donors (Lipinski definition) is 3. The van der Waals surface area contributed by atoms with Crippen LogP contribution in [-0.2, 0) is 0 Å². The Balaban J connectivity index is 1.45. The van der Waals surface area contributed by atoms with Crippen LogP contribution in [0.15, 0.2) is 6.20 Å². The highest BCUT2D eigenvalue weighted by atomic mass is 16.3. The fourth-order valence-electron chi connectivity index (χ4n) is 5.40. The normalized spacial score (nSPS) is 36.3. The molecule has 0 bridgehead atoms. The molecule has 6 heteroatoms. The third kappa shape index (κ3) is 2.47. The quantitative estimate of drug-likeness (QED) is 0.780. The van der Waals surface area contributed by atoms with Crippen molar-refractivity contribution < 1.29 is 9.90 Å². The SMILES string of the molecule is CC(C)C1N(C)CC12C[C@@H](O)[C@H](NC(=O)c1cn[nH]c1C1CC1)C2. The van der Waals surface area contributed by atoms with Crippen molar-refractivity contribution in [2.45, 2.75) is 63.6 Å². The molecule has 1 aromatic rings. The Labute approximate surface area is 143 Å². The number of aromatic amines is 1. The van der Waals surface area contributed by atoms with E-state index in [1.807, 2.05) is 0 Å². The Kier molecular flexibility index (Phi) is 3.73. The largest absolute Gasteiger partial charge is 0.391 e. The molecule has 3 fully saturated rings. The predicted molar refractivity (Wildman–Crippen MR) is 90.7 cm³/mol. The fourth-order valence-corrected chi connectivity index (χ4v) is 5.40. The summed E-state index contributed by atoms with van der Waals surface area (Å²) in [5, 5.41) is 20.7. The van der Waals surface area contributed by atoms with Crippen molar-refractivity contribution in [1.82, 2.24) is 20.4 Å². The molecule has 1 aromatic heterocycles. The molecule has 4 rings (SSSR count). The minimum Gasteiger partial charge on any atom is -0.391 e. The van der Waals surface area contributed by atoms with Gasteiger partial charge in [-0.25, -0.2) is 0 Å². The molecule has 0 radical (unpaired) electrons. The zero-order valence-electron chi connectivity index (χ0n) is 14.7. The first-order valence-electron chi connectivity index (χ1n) is 9.14. The van der Waals surface area contributed by atoms with Gasteiger partial charge in [0.25, 0.3) is 5.91 Å². The molecular formula is C18H28N4O2. The number of carbonyl (C=O) groups excluding carboxylic acids is 1. The lowest BCUT2D eigenvalue weighted by atomic mass is 9.66. The van der Waals surface area contributed by atoms with Crippen LogP contribution in [0.2, 0.25) is 0 Å². The molecule has 3 N–H and O–H groups in total. The van der Waals surface area contributed by atoms with Crippen LogP contribution in [0.4, 0.5) is 0 Å². The van der Waals surface area contributed by atoms with Gasteiger partial charge in [0.05, 0.1) is 29.6 Å². The van der Waals surface area contributed by atoms with Gasteiger partial charge >= 0.3 is 0 Å². The summed E-state index contributed by atoms with van der Waals surface area (Å²) in [5.41, 5.74) is 1.76. The summed E-state index contributed by atoms with van der Waals surface area (Å²) in [7, 11) is 2.15. The van der Waals surface area contributed by atoms with Crippen LogP contribution in [0.25, 0.3) is 0 Å². The highest BCUT2D eigenvalue weighted by molar-refractivity contribution is 5.95. The topological polar surface area (TPSA) is 81.2 Å². The maximum Gasteiger partial charge on any atom is 0.255 e. The average Bonchev–Trinajstić information content (AvgIpc) is 3.11. The van der Waals surface area contributed by atoms with Gasteiger partial charge in [-0.3, -0.25) is 9.89 Å². The van der Waals surface area contributed by atoms with Crippen molar-refractivity contribution in [3.8, 4) is 0 Å². The molecule has 4 atom stereocenters. The Morgan fingerprint density at radius 3 is 2.83 bits per heavy atom. The zero-order chi connectivity index (χ0) is 17.1. The van der Waals surface area contributed by atoms with Gasteiger partial charge in [0, 0.05) is 23.9 Å². The molecule has 0 aromatic carbocycles. The van der Waals surface area contributed by atoms with Gasteiger partial charge in [-0.05, 0) is 38.6 Å². The molecule has 1 aliphatic heterocycles. The van der Waals surface area contributed by atoms with Crippen LogP contribution in [0.1, 0.15) is 61.5 Å². The smallest absolute Gasteiger partial charge is 0.255 e. The van der Waals surface area contributed by atoms with Crippen LogP contribution in [0.5, 0.6) is 0 Å². The number of carbonyl (C=O) groups is 1. The number of nitrogens with zero attached hydrogens (tertiary/aromatic N) is 2. The molecule has 2 saturated carbocycles. The third-order valence-corrected chi connectivity index (χ3v) is 6.22. The number of aliphatic hydroxyl groups is 1. The maximum atomic E-state index is 12.7. The fraction of sp³-hybridized carbons (Fsp3) is 0.778. The monoisotopic (exact) mass is 332 g/mol. The number of nitrogens with one attached hydrogen (secondary N) is 2. The summed E-state index contributed by atoms with van der Waals surface area (Å²) in [6.07, 6.45) is 5.06. The van der Waals surface area contributed by atoms with E-state index in [0.717, 1.165) is 37.9 Å². The van der Waals surface area contributed by atoms with Crippen LogP contribution in [0, 0.1) is 11.3 Å². The average molecular weight is 332 g/mol. The van der Waals surface area contributed by atoms with Gasteiger partial charge in [0.1, 0.15) is 0 Å². The molecule has 1 saturated heterocycles. The van der Waals surface area contributed by atoms with Gasteiger partial charge in [0.2, 0.25) is 0 Å². The van der Waals surface area contributed by atoms with Gasteiger partial charge in [0.15, 0.2) is 0 Å². The second kappa shape index (κ2) is 5.56. The van der Waals surface area contributed by atoms with Crippen LogP contribution in [-0.4, -0.2) is 57.9 Å². The van der Waals surface area contributed by atoms with Crippen LogP contribution in [0.3, 0.4) is 0 Å². The summed E-state index contributed by atoms with van der Waals surface area (Å²) in [5.74, 6) is 0.917. The van der Waals surface area contributed by atoms with Crippen molar-refractivity contribution in [2.24, 2.45) is 11.3 Å². The summed E-state index contributed by atoms with van der Waals surface area (Å²) in [6, 6.07) is 0.333. The van der Waals surface area contributed by atoms with E-state index in [4.69, 9.17) is 0 Å². The van der Waals surface area contributed by atoms with E-state index in [1.54, 1.807) is 6.20 Å². The van der Waals surface area contributed by atoms with E-state index < -0.39 is 6.10 Å². The molecule has 1 spiro atoms. The lowest BCUT2D eigenvalue weighted by Crippen LogP contribution is -2.64.